The molecule has 15 heteroatoms. The molecule has 0 radical (unpaired) electrons. The lowest BCUT2D eigenvalue weighted by atomic mass is 10.1. The average molecular weight is 831 g/mol. The van der Waals surface area contributed by atoms with Gasteiger partial charge in [-0.05, 0) is 56.4 Å². The van der Waals surface area contributed by atoms with E-state index in [1.807, 2.05) is 48.5 Å². The Morgan fingerprint density at radius 2 is 0.721 bits per heavy atom. The number of rotatable bonds is 12. The number of hydrogen-bond donors (Lipinski definition) is 0. The fraction of sp³-hybridized carbons (Fsp3) is 0.304. The van der Waals surface area contributed by atoms with Crippen LogP contribution in [0.5, 0.6) is 0 Å². The Kier molecular flexibility index (Phi) is 9.86. The van der Waals surface area contributed by atoms with Gasteiger partial charge < -0.3 is 28.5 Å². The second-order valence-electron chi connectivity index (χ2n) is 17.2. The minimum atomic E-state index is -4.39. The molecule has 0 N–H and O–H groups in total. The van der Waals surface area contributed by atoms with Crippen LogP contribution >= 0.6 is 0 Å². The summed E-state index contributed by atoms with van der Waals surface area (Å²) in [5, 5.41) is 3.54. The summed E-state index contributed by atoms with van der Waals surface area (Å²) < 4.78 is 20.6. The van der Waals surface area contributed by atoms with Gasteiger partial charge in [0.2, 0.25) is 0 Å². The molecule has 6 heterocycles. The summed E-state index contributed by atoms with van der Waals surface area (Å²) in [5.74, 6) is 3.50. The molecule has 61 heavy (non-hydrogen) atoms. The second kappa shape index (κ2) is 15.3. The van der Waals surface area contributed by atoms with E-state index >= 15 is 0 Å². The molecule has 0 fully saturated rings. The quantitative estimate of drug-likeness (QED) is 0.169. The number of amidine groups is 4. The van der Waals surface area contributed by atoms with Gasteiger partial charge in [-0.25, -0.2) is 30.0 Å². The number of nitrogens with zero attached hydrogens (tertiary/aromatic N) is 12. The van der Waals surface area contributed by atoms with Gasteiger partial charge in [-0.15, -0.1) is 0 Å². The Bertz CT molecular complexity index is 2780. The van der Waals surface area contributed by atoms with Gasteiger partial charge in [0.05, 0.1) is 12.2 Å². The first kappa shape index (κ1) is 39.4. The average Bonchev–Trinajstić information content (AvgIpc) is 3.93. The van der Waals surface area contributed by atoms with Crippen LogP contribution in [-0.2, 0) is 8.85 Å². The zero-order valence-corrected chi connectivity index (χ0v) is 36.9. The highest BCUT2D eigenvalue weighted by molar-refractivity contribution is 6.66. The van der Waals surface area contributed by atoms with Crippen molar-refractivity contribution < 1.29 is 8.85 Å². The molecule has 14 nitrogen and oxygen atoms in total. The Labute approximate surface area is 356 Å². The van der Waals surface area contributed by atoms with Crippen LogP contribution in [0.15, 0.2) is 127 Å². The predicted octanol–water partition coefficient (Wildman–Crippen LogP) is 4.39. The van der Waals surface area contributed by atoms with Gasteiger partial charge in [-0.2, -0.15) is 0 Å². The van der Waals surface area contributed by atoms with Gasteiger partial charge in [-0.3, -0.25) is 8.47 Å². The van der Waals surface area contributed by atoms with E-state index in [9.17, 15) is 0 Å². The molecule has 4 aromatic carbocycles. The van der Waals surface area contributed by atoms with Gasteiger partial charge in [0.15, 0.2) is 23.3 Å². The largest absolute Gasteiger partial charge is 0.603 e. The highest BCUT2D eigenvalue weighted by Crippen LogP contribution is 2.44. The third-order valence-corrected chi connectivity index (χ3v) is 14.5. The van der Waals surface area contributed by atoms with E-state index in [0.717, 1.165) is 43.8 Å². The van der Waals surface area contributed by atoms with Crippen LogP contribution in [0, 0.1) is 0 Å². The zero-order chi connectivity index (χ0) is 42.2. The van der Waals surface area contributed by atoms with Gasteiger partial charge in [0, 0.05) is 70.0 Å². The van der Waals surface area contributed by atoms with Crippen molar-refractivity contribution in [3.8, 4) is 0 Å². The third kappa shape index (κ3) is 6.73. The zero-order valence-electron chi connectivity index (χ0n) is 35.9. The number of fused-ring (bicyclic) bond motifs is 14. The number of benzene rings is 4. The maximum absolute atomic E-state index is 8.11. The van der Waals surface area contributed by atoms with Crippen LogP contribution in [0.3, 0.4) is 0 Å². The number of likely N-dealkylation sites (N-methyl/N-ethyl adjacent to an activating group) is 4. The maximum atomic E-state index is 8.11. The smallest absolute Gasteiger partial charge is 0.355 e. The van der Waals surface area contributed by atoms with E-state index in [4.69, 9.17) is 38.8 Å². The SMILES string of the molecule is CN(C)CC(CN(C)C)O[Si]1(OC(CN(C)C)CN(C)C)n2c3c4ccccc4c2N=C2N=C(N=c4c5ccccc5c(n41)=NC1=NC(=N3)c3ccccc31)c1ccccc12. The lowest BCUT2D eigenvalue weighted by Crippen LogP contribution is -2.68. The second-order valence-corrected chi connectivity index (χ2v) is 19.7. The first-order valence-electron chi connectivity index (χ1n) is 20.7. The molecular formula is C46H50N12O2Si. The molecule has 4 aliphatic heterocycles. The highest BCUT2D eigenvalue weighted by atomic mass is 28.4. The first-order valence-corrected chi connectivity index (χ1v) is 22.4. The molecule has 310 valence electrons. The molecule has 0 spiro atoms. The predicted molar refractivity (Wildman–Crippen MR) is 245 cm³/mol. The van der Waals surface area contributed by atoms with Crippen molar-refractivity contribution in [1.29, 1.82) is 0 Å². The molecule has 0 atom stereocenters. The van der Waals surface area contributed by atoms with Crippen LogP contribution in [0.25, 0.3) is 21.5 Å². The summed E-state index contributed by atoms with van der Waals surface area (Å²) in [6, 6.07) is 33.0. The van der Waals surface area contributed by atoms with E-state index in [-0.39, 0.29) is 12.2 Å². The van der Waals surface area contributed by atoms with Gasteiger partial charge in [0.1, 0.15) is 22.6 Å². The normalized spacial score (nSPS) is 16.0. The van der Waals surface area contributed by atoms with Crippen LogP contribution < -0.4 is 11.0 Å². The van der Waals surface area contributed by atoms with Gasteiger partial charge in [-0.1, -0.05) is 97.1 Å². The van der Waals surface area contributed by atoms with Crippen LogP contribution in [-0.4, -0.2) is 155 Å². The third-order valence-electron chi connectivity index (χ3n) is 11.2. The lowest BCUT2D eigenvalue weighted by Gasteiger charge is -2.40. The first-order chi connectivity index (χ1) is 29.5. The molecule has 0 unspecified atom stereocenters. The lowest BCUT2D eigenvalue weighted by molar-refractivity contribution is 0.0252. The molecule has 10 rings (SSSR count). The molecule has 0 amide bonds. The minimum Gasteiger partial charge on any atom is -0.355 e. The van der Waals surface area contributed by atoms with Crippen molar-refractivity contribution in [2.75, 3.05) is 82.6 Å². The van der Waals surface area contributed by atoms with Crippen molar-refractivity contribution in [3.63, 3.8) is 0 Å². The van der Waals surface area contributed by atoms with E-state index in [2.05, 4.69) is 133 Å². The number of aliphatic imine (C=N–C) groups is 4. The molecule has 4 aliphatic rings. The van der Waals surface area contributed by atoms with Crippen LogP contribution in [0.1, 0.15) is 22.3 Å². The molecule has 0 saturated heterocycles. The monoisotopic (exact) mass is 830 g/mol. The van der Waals surface area contributed by atoms with E-state index in [1.54, 1.807) is 0 Å². The van der Waals surface area contributed by atoms with Crippen molar-refractivity contribution in [2.24, 2.45) is 30.0 Å². The molecule has 2 aromatic heterocycles. The van der Waals surface area contributed by atoms with Crippen molar-refractivity contribution in [2.45, 2.75) is 12.2 Å². The molecule has 6 bridgehead atoms. The summed E-state index contributed by atoms with van der Waals surface area (Å²) in [5.41, 5.74) is 4.85. The Morgan fingerprint density at radius 1 is 0.410 bits per heavy atom. The summed E-state index contributed by atoms with van der Waals surface area (Å²) >= 11 is 0. The maximum Gasteiger partial charge on any atom is 0.603 e. The van der Waals surface area contributed by atoms with E-state index in [0.29, 0.717) is 72.1 Å². The fourth-order valence-corrected chi connectivity index (χ4v) is 12.6. The molecule has 0 aliphatic carbocycles. The van der Waals surface area contributed by atoms with Gasteiger partial charge >= 0.3 is 8.88 Å². The Hall–Kier alpha value is -5.78. The Morgan fingerprint density at radius 3 is 1.07 bits per heavy atom. The van der Waals surface area contributed by atoms with E-state index in [1.165, 1.54) is 0 Å². The standard InChI is InChI=1S/C46H50N12O2Si/c1-53(2)25-29(26-54(3)4)59-61(60-30(27-55(5)6)28-56(7)8)57-43-35-21-13-14-22-36(35)45(57)51-41-33-19-11-12-20-34(33)42(48-41)52-46-38-24-16-15-23-37(38)44(58(46)61)50-40-32-18-10-9-17-31(32)39(47-40)49-43/h9-24,29-30H,25-28H2,1-8H3. The van der Waals surface area contributed by atoms with Crippen LogP contribution in [0.2, 0.25) is 0 Å². The number of aromatic nitrogens is 2. The summed E-state index contributed by atoms with van der Waals surface area (Å²) in [6.45, 7) is 2.42. The van der Waals surface area contributed by atoms with Crippen molar-refractivity contribution in [3.05, 3.63) is 130 Å². The minimum absolute atomic E-state index is 0.364. The topological polar surface area (TPSA) is 115 Å². The van der Waals surface area contributed by atoms with Crippen LogP contribution in [0.4, 0.5) is 11.6 Å². The molecule has 6 aromatic rings. The van der Waals surface area contributed by atoms with Crippen molar-refractivity contribution in [1.82, 2.24) is 28.1 Å². The van der Waals surface area contributed by atoms with E-state index < -0.39 is 8.88 Å². The van der Waals surface area contributed by atoms with Crippen molar-refractivity contribution >= 4 is 65.4 Å². The molecular weight excluding hydrogens is 781 g/mol. The fourth-order valence-electron chi connectivity index (χ4n) is 9.00. The number of hydrogen-bond acceptors (Lipinski definition) is 12. The van der Waals surface area contributed by atoms with Gasteiger partial charge in [0.25, 0.3) is 0 Å². The Balaban J connectivity index is 1.49. The summed E-state index contributed by atoms with van der Waals surface area (Å²) in [6.07, 6.45) is -0.727. The molecule has 0 saturated carbocycles. The summed E-state index contributed by atoms with van der Waals surface area (Å²) in [7, 11) is 12.3. The highest BCUT2D eigenvalue weighted by Gasteiger charge is 2.56. The summed E-state index contributed by atoms with van der Waals surface area (Å²) in [4.78, 5) is 41.6.